The van der Waals surface area contributed by atoms with Crippen molar-refractivity contribution in [1.82, 2.24) is 5.32 Å². The summed E-state index contributed by atoms with van der Waals surface area (Å²) < 4.78 is 4.95. The van der Waals surface area contributed by atoms with Crippen molar-refractivity contribution in [3.8, 4) is 0 Å². The van der Waals surface area contributed by atoms with Crippen molar-refractivity contribution in [1.29, 1.82) is 0 Å². The number of nitrogens with one attached hydrogen (secondary N) is 1. The summed E-state index contributed by atoms with van der Waals surface area (Å²) in [5, 5.41) is 3.00. The molecule has 0 bridgehead atoms. The SMILES string of the molecule is COCCCNC(=O)C1CCCC(CCN)C1. The second-order valence-electron chi connectivity index (χ2n) is 4.94. The zero-order valence-corrected chi connectivity index (χ0v) is 10.9. The third-order valence-corrected chi connectivity index (χ3v) is 3.55. The van der Waals surface area contributed by atoms with Gasteiger partial charge >= 0.3 is 0 Å². The molecule has 3 N–H and O–H groups in total. The molecule has 0 aliphatic heterocycles. The van der Waals surface area contributed by atoms with Crippen molar-refractivity contribution in [3.63, 3.8) is 0 Å². The van der Waals surface area contributed by atoms with Crippen molar-refractivity contribution in [2.75, 3.05) is 26.8 Å². The molecule has 1 saturated carbocycles. The van der Waals surface area contributed by atoms with Crippen LogP contribution in [0.25, 0.3) is 0 Å². The fraction of sp³-hybridized carbons (Fsp3) is 0.923. The molecule has 1 amide bonds. The van der Waals surface area contributed by atoms with Gasteiger partial charge in [0.25, 0.3) is 0 Å². The van der Waals surface area contributed by atoms with Crippen LogP contribution in [0.1, 0.15) is 38.5 Å². The Balaban J connectivity index is 2.21. The van der Waals surface area contributed by atoms with Crippen molar-refractivity contribution in [2.24, 2.45) is 17.6 Å². The van der Waals surface area contributed by atoms with Gasteiger partial charge in [0, 0.05) is 26.2 Å². The van der Waals surface area contributed by atoms with Gasteiger partial charge in [-0.1, -0.05) is 12.8 Å². The number of nitrogens with two attached hydrogens (primary N) is 1. The number of methoxy groups -OCH3 is 1. The average Bonchev–Trinajstić information content (AvgIpc) is 2.35. The fourth-order valence-corrected chi connectivity index (χ4v) is 2.60. The standard InChI is InChI=1S/C13H26N2O2/c1-17-9-3-8-15-13(16)12-5-2-4-11(10-12)6-7-14/h11-12H,2-10,14H2,1H3,(H,15,16). The molecule has 0 saturated heterocycles. The summed E-state index contributed by atoms with van der Waals surface area (Å²) in [5.74, 6) is 1.09. The second kappa shape index (κ2) is 8.48. The van der Waals surface area contributed by atoms with Crippen LogP contribution in [0, 0.1) is 11.8 Å². The molecule has 0 aromatic carbocycles. The number of hydrogen-bond donors (Lipinski definition) is 2. The Bertz CT molecular complexity index is 219. The zero-order chi connectivity index (χ0) is 12.5. The molecule has 4 nitrogen and oxygen atoms in total. The minimum absolute atomic E-state index is 0.211. The lowest BCUT2D eigenvalue weighted by Crippen LogP contribution is -2.35. The first-order chi connectivity index (χ1) is 8.27. The molecule has 2 unspecified atom stereocenters. The zero-order valence-electron chi connectivity index (χ0n) is 10.9. The minimum Gasteiger partial charge on any atom is -0.385 e. The van der Waals surface area contributed by atoms with Gasteiger partial charge in [-0.05, 0) is 38.1 Å². The van der Waals surface area contributed by atoms with Gasteiger partial charge < -0.3 is 15.8 Å². The van der Waals surface area contributed by atoms with Crippen molar-refractivity contribution < 1.29 is 9.53 Å². The van der Waals surface area contributed by atoms with Gasteiger partial charge in [-0.3, -0.25) is 4.79 Å². The van der Waals surface area contributed by atoms with E-state index in [0.717, 1.165) is 38.8 Å². The molecule has 1 rings (SSSR count). The highest BCUT2D eigenvalue weighted by Crippen LogP contribution is 2.30. The first kappa shape index (κ1) is 14.5. The summed E-state index contributed by atoms with van der Waals surface area (Å²) in [6.45, 7) is 2.18. The molecule has 100 valence electrons. The van der Waals surface area contributed by atoms with E-state index >= 15 is 0 Å². The number of carbonyl (C=O) groups excluding carboxylic acids is 1. The van der Waals surface area contributed by atoms with Gasteiger partial charge in [-0.15, -0.1) is 0 Å². The predicted molar refractivity (Wildman–Crippen MR) is 68.6 cm³/mol. The molecular formula is C13H26N2O2. The number of rotatable bonds is 7. The second-order valence-corrected chi connectivity index (χ2v) is 4.94. The lowest BCUT2D eigenvalue weighted by molar-refractivity contribution is -0.126. The molecule has 0 radical (unpaired) electrons. The Morgan fingerprint density at radius 2 is 2.29 bits per heavy atom. The summed E-state index contributed by atoms with van der Waals surface area (Å²) in [7, 11) is 1.68. The van der Waals surface area contributed by atoms with Gasteiger partial charge in [-0.25, -0.2) is 0 Å². The van der Waals surface area contributed by atoms with E-state index in [9.17, 15) is 4.79 Å². The molecule has 0 heterocycles. The van der Waals surface area contributed by atoms with Gasteiger partial charge in [0.1, 0.15) is 0 Å². The minimum atomic E-state index is 0.211. The van der Waals surface area contributed by atoms with Crippen molar-refractivity contribution in [3.05, 3.63) is 0 Å². The Kier molecular flexibility index (Phi) is 7.21. The molecule has 0 aromatic heterocycles. The largest absolute Gasteiger partial charge is 0.385 e. The summed E-state index contributed by atoms with van der Waals surface area (Å²) in [5.41, 5.74) is 5.58. The molecule has 4 heteroatoms. The molecule has 1 fully saturated rings. The van der Waals surface area contributed by atoms with Crippen LogP contribution in [0.2, 0.25) is 0 Å². The highest BCUT2D eigenvalue weighted by molar-refractivity contribution is 5.78. The molecule has 1 aliphatic rings. The number of hydrogen-bond acceptors (Lipinski definition) is 3. The van der Waals surface area contributed by atoms with Crippen LogP contribution in [0.4, 0.5) is 0 Å². The first-order valence-corrected chi connectivity index (χ1v) is 6.74. The van der Waals surface area contributed by atoms with Crippen LogP contribution in [0.5, 0.6) is 0 Å². The summed E-state index contributed by atoms with van der Waals surface area (Å²) in [6.07, 6.45) is 6.42. The maximum atomic E-state index is 11.9. The van der Waals surface area contributed by atoms with Gasteiger partial charge in [0.2, 0.25) is 5.91 Å². The molecule has 0 aromatic rings. The summed E-state index contributed by atoms with van der Waals surface area (Å²) in [4.78, 5) is 11.9. The Morgan fingerprint density at radius 3 is 3.00 bits per heavy atom. The molecule has 2 atom stereocenters. The van der Waals surface area contributed by atoms with Gasteiger partial charge in [0.15, 0.2) is 0 Å². The third-order valence-electron chi connectivity index (χ3n) is 3.55. The summed E-state index contributed by atoms with van der Waals surface area (Å²) >= 11 is 0. The Hall–Kier alpha value is -0.610. The maximum Gasteiger partial charge on any atom is 0.223 e. The quantitative estimate of drug-likeness (QED) is 0.661. The molecule has 0 spiro atoms. The lowest BCUT2D eigenvalue weighted by Gasteiger charge is -2.28. The van der Waals surface area contributed by atoms with Crippen LogP contribution >= 0.6 is 0 Å². The smallest absolute Gasteiger partial charge is 0.223 e. The van der Waals surface area contributed by atoms with E-state index in [1.54, 1.807) is 7.11 Å². The third kappa shape index (κ3) is 5.50. The Labute approximate surface area is 104 Å². The summed E-state index contributed by atoms with van der Waals surface area (Å²) in [6, 6.07) is 0. The van der Waals surface area contributed by atoms with Crippen LogP contribution in [-0.2, 0) is 9.53 Å². The molecule has 1 aliphatic carbocycles. The van der Waals surface area contributed by atoms with Crippen LogP contribution in [0.3, 0.4) is 0 Å². The van der Waals surface area contributed by atoms with Crippen LogP contribution < -0.4 is 11.1 Å². The fourth-order valence-electron chi connectivity index (χ4n) is 2.60. The highest BCUT2D eigenvalue weighted by atomic mass is 16.5. The van der Waals surface area contributed by atoms with Gasteiger partial charge in [0.05, 0.1) is 0 Å². The predicted octanol–water partition coefficient (Wildman–Crippen LogP) is 1.29. The first-order valence-electron chi connectivity index (χ1n) is 6.74. The van der Waals surface area contributed by atoms with Crippen LogP contribution in [-0.4, -0.2) is 32.7 Å². The van der Waals surface area contributed by atoms with Gasteiger partial charge in [-0.2, -0.15) is 0 Å². The maximum absolute atomic E-state index is 11.9. The van der Waals surface area contributed by atoms with Crippen molar-refractivity contribution in [2.45, 2.75) is 38.5 Å². The monoisotopic (exact) mass is 242 g/mol. The van der Waals surface area contributed by atoms with E-state index in [-0.39, 0.29) is 11.8 Å². The topological polar surface area (TPSA) is 64.3 Å². The normalized spacial score (nSPS) is 24.6. The van der Waals surface area contributed by atoms with E-state index in [4.69, 9.17) is 10.5 Å². The van der Waals surface area contributed by atoms with Crippen molar-refractivity contribution >= 4 is 5.91 Å². The van der Waals surface area contributed by atoms with E-state index in [0.29, 0.717) is 12.5 Å². The highest BCUT2D eigenvalue weighted by Gasteiger charge is 2.26. The lowest BCUT2D eigenvalue weighted by atomic mass is 9.79. The number of ether oxygens (including phenoxy) is 1. The van der Waals surface area contributed by atoms with E-state index in [1.165, 1.54) is 12.8 Å². The van der Waals surface area contributed by atoms with Crippen LogP contribution in [0.15, 0.2) is 0 Å². The number of carbonyl (C=O) groups is 1. The molecular weight excluding hydrogens is 216 g/mol. The van der Waals surface area contributed by atoms with E-state index in [1.807, 2.05) is 0 Å². The number of amides is 1. The molecule has 17 heavy (non-hydrogen) atoms. The Morgan fingerprint density at radius 1 is 1.47 bits per heavy atom. The van der Waals surface area contributed by atoms with E-state index < -0.39 is 0 Å². The van der Waals surface area contributed by atoms with E-state index in [2.05, 4.69) is 5.32 Å². The average molecular weight is 242 g/mol.